The van der Waals surface area contributed by atoms with Gasteiger partial charge in [-0.3, -0.25) is 0 Å². The molecule has 5 rings (SSSR count). The number of fused-ring (bicyclic) bond motifs is 1. The van der Waals surface area contributed by atoms with Gasteiger partial charge in [0.05, 0.1) is 0 Å². The summed E-state index contributed by atoms with van der Waals surface area (Å²) in [5, 5.41) is 0. The molecule has 0 spiro atoms. The summed E-state index contributed by atoms with van der Waals surface area (Å²) in [6, 6.07) is 16.7. The molecule has 0 aromatic heterocycles. The van der Waals surface area contributed by atoms with Gasteiger partial charge >= 0.3 is 5.79 Å². The lowest BCUT2D eigenvalue weighted by molar-refractivity contribution is -0.0527. The van der Waals surface area contributed by atoms with E-state index < -0.39 is 5.79 Å². The van der Waals surface area contributed by atoms with Crippen molar-refractivity contribution < 1.29 is 9.47 Å². The number of nitrogens with zero attached hydrogens (tertiary/aromatic N) is 2. The van der Waals surface area contributed by atoms with Gasteiger partial charge in [0, 0.05) is 35.7 Å². The summed E-state index contributed by atoms with van der Waals surface area (Å²) in [6.07, 6.45) is 9.59. The molecule has 3 aliphatic rings. The maximum absolute atomic E-state index is 6.63. The fourth-order valence-corrected chi connectivity index (χ4v) is 5.25. The largest absolute Gasteiger partial charge is 0.441 e. The molecule has 1 atom stereocenters. The lowest BCUT2D eigenvalue weighted by Gasteiger charge is -2.31. The average Bonchev–Trinajstić information content (AvgIpc) is 3.07. The first-order chi connectivity index (χ1) is 14.7. The standard InChI is InChI=1S/C25H28N2O2S/c1-26-15-8-16-27(18-17-26)30-22-13-14-23-24(19-22)29-25(28-23,20-9-4-2-5-10-20)21-11-6-3-7-12-21/h2-6,9-11,13-14,19H,7-8,12,15-18H2,1H3. The molecule has 0 amide bonds. The molecule has 0 N–H and O–H groups in total. The van der Waals surface area contributed by atoms with Gasteiger partial charge < -0.3 is 14.4 Å². The maximum atomic E-state index is 6.63. The zero-order chi connectivity index (χ0) is 20.4. The first-order valence-corrected chi connectivity index (χ1v) is 11.6. The van der Waals surface area contributed by atoms with Crippen molar-refractivity contribution in [1.29, 1.82) is 0 Å². The predicted octanol–water partition coefficient (Wildman–Crippen LogP) is 5.23. The van der Waals surface area contributed by atoms with Gasteiger partial charge in [-0.15, -0.1) is 0 Å². The number of benzene rings is 2. The second-order valence-electron chi connectivity index (χ2n) is 8.13. The zero-order valence-electron chi connectivity index (χ0n) is 17.4. The smallest absolute Gasteiger partial charge is 0.301 e. The molecule has 2 heterocycles. The Bertz CT molecular complexity index is 959. The van der Waals surface area contributed by atoms with Crippen molar-refractivity contribution in [3.8, 4) is 11.5 Å². The molecular formula is C25H28N2O2S. The number of hydrogen-bond acceptors (Lipinski definition) is 5. The van der Waals surface area contributed by atoms with Crippen LogP contribution in [-0.4, -0.2) is 42.4 Å². The second kappa shape index (κ2) is 8.50. The minimum Gasteiger partial charge on any atom is -0.441 e. The van der Waals surface area contributed by atoms with Gasteiger partial charge in [-0.25, -0.2) is 4.31 Å². The van der Waals surface area contributed by atoms with Crippen molar-refractivity contribution in [2.45, 2.75) is 29.9 Å². The van der Waals surface area contributed by atoms with E-state index in [-0.39, 0.29) is 0 Å². The summed E-state index contributed by atoms with van der Waals surface area (Å²) in [5.74, 6) is 0.767. The zero-order valence-corrected chi connectivity index (χ0v) is 18.2. The predicted molar refractivity (Wildman–Crippen MR) is 122 cm³/mol. The molecule has 0 bridgehead atoms. The highest BCUT2D eigenvalue weighted by molar-refractivity contribution is 7.97. The summed E-state index contributed by atoms with van der Waals surface area (Å²) in [5.41, 5.74) is 2.20. The first kappa shape index (κ1) is 19.7. The van der Waals surface area contributed by atoms with Gasteiger partial charge in [0.15, 0.2) is 11.5 Å². The van der Waals surface area contributed by atoms with Crippen molar-refractivity contribution in [3.63, 3.8) is 0 Å². The second-order valence-corrected chi connectivity index (χ2v) is 9.30. The molecule has 2 aromatic rings. The third-order valence-corrected chi connectivity index (χ3v) is 7.01. The quantitative estimate of drug-likeness (QED) is 0.631. The number of allylic oxidation sites excluding steroid dienone is 3. The summed E-state index contributed by atoms with van der Waals surface area (Å²) in [4.78, 5) is 3.60. The van der Waals surface area contributed by atoms with Crippen molar-refractivity contribution >= 4 is 11.9 Å². The van der Waals surface area contributed by atoms with E-state index >= 15 is 0 Å². The van der Waals surface area contributed by atoms with E-state index in [1.165, 1.54) is 17.9 Å². The van der Waals surface area contributed by atoms with Gasteiger partial charge in [0.2, 0.25) is 0 Å². The minimum absolute atomic E-state index is 0.814. The van der Waals surface area contributed by atoms with E-state index in [1.54, 1.807) is 0 Å². The Balaban J connectivity index is 1.42. The van der Waals surface area contributed by atoms with E-state index in [9.17, 15) is 0 Å². The molecule has 1 saturated heterocycles. The summed E-state index contributed by atoms with van der Waals surface area (Å²) < 4.78 is 15.6. The Morgan fingerprint density at radius 1 is 0.933 bits per heavy atom. The van der Waals surface area contributed by atoms with Crippen LogP contribution in [0.1, 0.15) is 24.8 Å². The Hall–Kier alpha value is -2.21. The van der Waals surface area contributed by atoms with Crippen molar-refractivity contribution in [1.82, 2.24) is 9.21 Å². The Kier molecular flexibility index (Phi) is 5.59. The molecule has 4 nitrogen and oxygen atoms in total. The molecule has 2 aliphatic heterocycles. The van der Waals surface area contributed by atoms with Gasteiger partial charge in [0.25, 0.3) is 0 Å². The third kappa shape index (κ3) is 3.89. The monoisotopic (exact) mass is 420 g/mol. The van der Waals surface area contributed by atoms with Gasteiger partial charge in [0.1, 0.15) is 0 Å². The normalized spacial score (nSPS) is 24.5. The highest BCUT2D eigenvalue weighted by Crippen LogP contribution is 2.50. The molecule has 1 unspecified atom stereocenters. The summed E-state index contributed by atoms with van der Waals surface area (Å²) in [7, 11) is 2.20. The van der Waals surface area contributed by atoms with Gasteiger partial charge in [-0.05, 0) is 63.0 Å². The minimum atomic E-state index is -0.872. The molecule has 0 saturated carbocycles. The first-order valence-electron chi connectivity index (χ1n) is 10.8. The topological polar surface area (TPSA) is 24.9 Å². The van der Waals surface area contributed by atoms with E-state index in [1.807, 2.05) is 30.1 Å². The van der Waals surface area contributed by atoms with Crippen molar-refractivity contribution in [3.05, 3.63) is 77.9 Å². The third-order valence-electron chi connectivity index (χ3n) is 5.93. The maximum Gasteiger partial charge on any atom is 0.301 e. The van der Waals surface area contributed by atoms with Crippen LogP contribution in [0.2, 0.25) is 0 Å². The molecule has 30 heavy (non-hydrogen) atoms. The van der Waals surface area contributed by atoms with Gasteiger partial charge in [-0.1, -0.05) is 48.6 Å². The van der Waals surface area contributed by atoms with E-state index in [2.05, 4.69) is 64.8 Å². The van der Waals surface area contributed by atoms with Crippen LogP contribution < -0.4 is 9.47 Å². The summed E-state index contributed by atoms with van der Waals surface area (Å²) in [6.45, 7) is 4.46. The van der Waals surface area contributed by atoms with Gasteiger partial charge in [-0.2, -0.15) is 0 Å². The van der Waals surface area contributed by atoms with Crippen LogP contribution in [0.15, 0.2) is 77.2 Å². The molecule has 1 aliphatic carbocycles. The highest BCUT2D eigenvalue weighted by atomic mass is 32.2. The van der Waals surface area contributed by atoms with Crippen LogP contribution in [-0.2, 0) is 5.79 Å². The van der Waals surface area contributed by atoms with E-state index in [0.717, 1.165) is 55.1 Å². The van der Waals surface area contributed by atoms with Crippen LogP contribution in [0, 0.1) is 0 Å². The van der Waals surface area contributed by atoms with Crippen LogP contribution in [0.4, 0.5) is 0 Å². The van der Waals surface area contributed by atoms with Crippen LogP contribution in [0.25, 0.3) is 0 Å². The van der Waals surface area contributed by atoms with E-state index in [4.69, 9.17) is 9.47 Å². The SMILES string of the molecule is CN1CCCN(Sc2ccc3c(c2)OC(C2=CC=CCC2)(c2ccccc2)O3)CC1. The highest BCUT2D eigenvalue weighted by Gasteiger charge is 2.46. The number of likely N-dealkylation sites (N-methyl/N-ethyl adjacent to an activating group) is 1. The van der Waals surface area contributed by atoms with E-state index in [0.29, 0.717) is 0 Å². The van der Waals surface area contributed by atoms with Crippen LogP contribution in [0.5, 0.6) is 11.5 Å². The van der Waals surface area contributed by atoms with Crippen LogP contribution in [0.3, 0.4) is 0 Å². The van der Waals surface area contributed by atoms with Crippen LogP contribution >= 0.6 is 11.9 Å². The summed E-state index contributed by atoms with van der Waals surface area (Å²) >= 11 is 1.82. The number of rotatable bonds is 4. The molecule has 1 fully saturated rings. The Labute approximate surface area is 183 Å². The molecule has 2 aromatic carbocycles. The number of hydrogen-bond donors (Lipinski definition) is 0. The average molecular weight is 421 g/mol. The lowest BCUT2D eigenvalue weighted by Crippen LogP contribution is -2.38. The Morgan fingerprint density at radius 2 is 1.80 bits per heavy atom. The lowest BCUT2D eigenvalue weighted by atomic mass is 9.91. The van der Waals surface area contributed by atoms with Crippen molar-refractivity contribution in [2.75, 3.05) is 33.2 Å². The molecular weight excluding hydrogens is 392 g/mol. The van der Waals surface area contributed by atoms with Crippen molar-refractivity contribution in [2.24, 2.45) is 0 Å². The molecule has 0 radical (unpaired) electrons. The fourth-order valence-electron chi connectivity index (χ4n) is 4.27. The Morgan fingerprint density at radius 3 is 2.63 bits per heavy atom. The molecule has 156 valence electrons. The molecule has 5 heteroatoms. The number of ether oxygens (including phenoxy) is 2. The fraction of sp³-hybridized carbons (Fsp3) is 0.360.